The Bertz CT molecular complexity index is 258. The lowest BCUT2D eigenvalue weighted by Crippen LogP contribution is -2.21. The van der Waals surface area contributed by atoms with Gasteiger partial charge in [0.1, 0.15) is 0 Å². The van der Waals surface area contributed by atoms with Crippen molar-refractivity contribution in [2.24, 2.45) is 5.73 Å². The van der Waals surface area contributed by atoms with Gasteiger partial charge in [0.05, 0.1) is 0 Å². The molecule has 1 aromatic rings. The smallest absolute Gasteiger partial charge is 0.0241 e. The minimum atomic E-state index is 0.0948. The standard InChI is InChI=1S/C11H13N/c1-2-6-11(12)9-10-7-4-3-5-8-10/h1,3-5,7-8,11H,6,9,12H2. The highest BCUT2D eigenvalue weighted by atomic mass is 14.6. The van der Waals surface area contributed by atoms with Gasteiger partial charge in [0.15, 0.2) is 0 Å². The Morgan fingerprint density at radius 1 is 1.33 bits per heavy atom. The molecule has 0 aliphatic rings. The summed E-state index contributed by atoms with van der Waals surface area (Å²) in [6.45, 7) is 0. The molecule has 2 N–H and O–H groups in total. The maximum Gasteiger partial charge on any atom is 0.0241 e. The largest absolute Gasteiger partial charge is 0.327 e. The van der Waals surface area contributed by atoms with Gasteiger partial charge in [-0.1, -0.05) is 30.3 Å². The molecule has 0 aliphatic carbocycles. The Morgan fingerprint density at radius 2 is 2.00 bits per heavy atom. The van der Waals surface area contributed by atoms with Crippen LogP contribution in [0.25, 0.3) is 0 Å². The molecule has 1 unspecified atom stereocenters. The predicted octanol–water partition coefficient (Wildman–Crippen LogP) is 1.58. The van der Waals surface area contributed by atoms with E-state index in [1.54, 1.807) is 0 Å². The van der Waals surface area contributed by atoms with Gasteiger partial charge in [0.25, 0.3) is 0 Å². The Hall–Kier alpha value is -1.26. The van der Waals surface area contributed by atoms with E-state index in [-0.39, 0.29) is 6.04 Å². The van der Waals surface area contributed by atoms with E-state index < -0.39 is 0 Å². The summed E-state index contributed by atoms with van der Waals surface area (Å²) in [5.74, 6) is 2.56. The van der Waals surface area contributed by atoms with Crippen LogP contribution in [0.1, 0.15) is 12.0 Å². The molecule has 0 heterocycles. The first kappa shape index (κ1) is 8.83. The number of rotatable bonds is 3. The van der Waals surface area contributed by atoms with Gasteiger partial charge in [-0.25, -0.2) is 0 Å². The molecule has 12 heavy (non-hydrogen) atoms. The third-order valence-electron chi connectivity index (χ3n) is 1.72. The molecule has 0 aliphatic heterocycles. The van der Waals surface area contributed by atoms with E-state index in [0.29, 0.717) is 6.42 Å². The third kappa shape index (κ3) is 2.77. The molecule has 1 nitrogen and oxygen atoms in total. The fraction of sp³-hybridized carbons (Fsp3) is 0.273. The van der Waals surface area contributed by atoms with Crippen molar-refractivity contribution < 1.29 is 0 Å². The van der Waals surface area contributed by atoms with Crippen molar-refractivity contribution >= 4 is 0 Å². The predicted molar refractivity (Wildman–Crippen MR) is 51.6 cm³/mol. The molecule has 0 amide bonds. The summed E-state index contributed by atoms with van der Waals surface area (Å²) in [5.41, 5.74) is 7.02. The van der Waals surface area contributed by atoms with Crippen LogP contribution >= 0.6 is 0 Å². The zero-order valence-corrected chi connectivity index (χ0v) is 7.03. The Balaban J connectivity index is 2.48. The molecule has 0 saturated heterocycles. The normalized spacial score (nSPS) is 12.0. The fourth-order valence-corrected chi connectivity index (χ4v) is 1.14. The fourth-order valence-electron chi connectivity index (χ4n) is 1.14. The summed E-state index contributed by atoms with van der Waals surface area (Å²) < 4.78 is 0. The summed E-state index contributed by atoms with van der Waals surface area (Å²) in [6, 6.07) is 10.2. The van der Waals surface area contributed by atoms with Crippen molar-refractivity contribution in [1.29, 1.82) is 0 Å². The quantitative estimate of drug-likeness (QED) is 0.666. The molecule has 0 radical (unpaired) electrons. The van der Waals surface area contributed by atoms with Gasteiger partial charge in [-0.2, -0.15) is 0 Å². The minimum Gasteiger partial charge on any atom is -0.327 e. The van der Waals surface area contributed by atoms with Gasteiger partial charge in [0.2, 0.25) is 0 Å². The molecule has 0 aromatic heterocycles. The number of hydrogen-bond acceptors (Lipinski definition) is 1. The topological polar surface area (TPSA) is 26.0 Å². The molecular formula is C11H13N. The highest BCUT2D eigenvalue weighted by Gasteiger charge is 2.00. The molecule has 1 atom stereocenters. The van der Waals surface area contributed by atoms with Crippen LogP contribution in [0.2, 0.25) is 0 Å². The monoisotopic (exact) mass is 159 g/mol. The number of hydrogen-bond donors (Lipinski definition) is 1. The second kappa shape index (κ2) is 4.58. The van der Waals surface area contributed by atoms with Crippen molar-refractivity contribution in [3.63, 3.8) is 0 Å². The molecule has 62 valence electrons. The van der Waals surface area contributed by atoms with Crippen molar-refractivity contribution in [1.82, 2.24) is 0 Å². The number of nitrogens with two attached hydrogens (primary N) is 1. The van der Waals surface area contributed by atoms with Gasteiger partial charge in [-0.15, -0.1) is 12.3 Å². The number of terminal acetylenes is 1. The van der Waals surface area contributed by atoms with Crippen LogP contribution in [0.3, 0.4) is 0 Å². The highest BCUT2D eigenvalue weighted by molar-refractivity contribution is 5.16. The maximum atomic E-state index is 5.77. The van der Waals surface area contributed by atoms with Crippen molar-refractivity contribution in [2.45, 2.75) is 18.9 Å². The minimum absolute atomic E-state index is 0.0948. The first-order valence-corrected chi connectivity index (χ1v) is 4.06. The molecule has 0 spiro atoms. The number of benzene rings is 1. The average Bonchev–Trinajstić information content (AvgIpc) is 2.06. The summed E-state index contributed by atoms with van der Waals surface area (Å²) in [4.78, 5) is 0. The zero-order chi connectivity index (χ0) is 8.81. The molecule has 1 rings (SSSR count). The Labute approximate surface area is 73.6 Å². The third-order valence-corrected chi connectivity index (χ3v) is 1.72. The average molecular weight is 159 g/mol. The SMILES string of the molecule is C#CCC(N)Cc1ccccc1. The van der Waals surface area contributed by atoms with Crippen LogP contribution in [0.5, 0.6) is 0 Å². The van der Waals surface area contributed by atoms with E-state index in [2.05, 4.69) is 18.1 Å². The molecule has 0 fully saturated rings. The van der Waals surface area contributed by atoms with E-state index in [1.807, 2.05) is 18.2 Å². The summed E-state index contributed by atoms with van der Waals surface area (Å²) in [6.07, 6.45) is 6.67. The van der Waals surface area contributed by atoms with Crippen molar-refractivity contribution in [2.75, 3.05) is 0 Å². The van der Waals surface area contributed by atoms with Crippen LogP contribution in [0.4, 0.5) is 0 Å². The lowest BCUT2D eigenvalue weighted by molar-refractivity contribution is 0.689. The summed E-state index contributed by atoms with van der Waals surface area (Å²) >= 11 is 0. The van der Waals surface area contributed by atoms with Crippen LogP contribution in [-0.4, -0.2) is 6.04 Å². The van der Waals surface area contributed by atoms with Gasteiger partial charge >= 0.3 is 0 Å². The van der Waals surface area contributed by atoms with Crippen molar-refractivity contribution in [3.8, 4) is 12.3 Å². The molecule has 0 bridgehead atoms. The molecule has 1 aromatic carbocycles. The molecule has 1 heteroatoms. The Morgan fingerprint density at radius 3 is 2.58 bits per heavy atom. The molecular weight excluding hydrogens is 146 g/mol. The van der Waals surface area contributed by atoms with Gasteiger partial charge in [0, 0.05) is 12.5 Å². The Kier molecular flexibility index (Phi) is 3.37. The second-order valence-corrected chi connectivity index (χ2v) is 2.86. The van der Waals surface area contributed by atoms with E-state index in [0.717, 1.165) is 6.42 Å². The lowest BCUT2D eigenvalue weighted by Gasteiger charge is -2.06. The van der Waals surface area contributed by atoms with E-state index in [4.69, 9.17) is 12.2 Å². The van der Waals surface area contributed by atoms with Gasteiger partial charge < -0.3 is 5.73 Å². The first-order valence-electron chi connectivity index (χ1n) is 4.06. The van der Waals surface area contributed by atoms with Crippen LogP contribution in [-0.2, 0) is 6.42 Å². The zero-order valence-electron chi connectivity index (χ0n) is 7.03. The van der Waals surface area contributed by atoms with E-state index in [9.17, 15) is 0 Å². The van der Waals surface area contributed by atoms with Crippen LogP contribution < -0.4 is 5.73 Å². The maximum absolute atomic E-state index is 5.77. The van der Waals surface area contributed by atoms with E-state index >= 15 is 0 Å². The highest BCUT2D eigenvalue weighted by Crippen LogP contribution is 2.02. The summed E-state index contributed by atoms with van der Waals surface area (Å²) in [5, 5.41) is 0. The van der Waals surface area contributed by atoms with Gasteiger partial charge in [-0.3, -0.25) is 0 Å². The second-order valence-electron chi connectivity index (χ2n) is 2.86. The first-order chi connectivity index (χ1) is 5.83. The summed E-state index contributed by atoms with van der Waals surface area (Å²) in [7, 11) is 0. The van der Waals surface area contributed by atoms with Crippen molar-refractivity contribution in [3.05, 3.63) is 35.9 Å². The van der Waals surface area contributed by atoms with Crippen LogP contribution in [0.15, 0.2) is 30.3 Å². The van der Waals surface area contributed by atoms with Crippen LogP contribution in [0, 0.1) is 12.3 Å². The van der Waals surface area contributed by atoms with E-state index in [1.165, 1.54) is 5.56 Å². The van der Waals surface area contributed by atoms with Gasteiger partial charge in [-0.05, 0) is 12.0 Å². The lowest BCUT2D eigenvalue weighted by atomic mass is 10.0. The molecule has 0 saturated carbocycles.